The van der Waals surface area contributed by atoms with Gasteiger partial charge in [-0.3, -0.25) is 4.79 Å². The van der Waals surface area contributed by atoms with E-state index in [0.29, 0.717) is 13.1 Å². The minimum Gasteiger partial charge on any atom is -0.345 e. The summed E-state index contributed by atoms with van der Waals surface area (Å²) in [4.78, 5) is 15.9. The average Bonchev–Trinajstić information content (AvgIpc) is 3.30. The van der Waals surface area contributed by atoms with Gasteiger partial charge in [-0.15, -0.1) is 0 Å². The van der Waals surface area contributed by atoms with E-state index in [2.05, 4.69) is 52.1 Å². The Morgan fingerprint density at radius 1 is 0.879 bits per heavy atom. The zero-order valence-corrected chi connectivity index (χ0v) is 19.5. The van der Waals surface area contributed by atoms with Crippen molar-refractivity contribution in [2.75, 3.05) is 0 Å². The number of hydrogen-bond acceptors (Lipinski definition) is 1. The Labute approximate surface area is 200 Å². The van der Waals surface area contributed by atoms with Gasteiger partial charge in [-0.05, 0) is 59.5 Å². The second-order valence-electron chi connectivity index (χ2n) is 9.01. The Bertz CT molecular complexity index is 1260. The molecule has 0 atom stereocenters. The third-order valence-electron chi connectivity index (χ3n) is 6.83. The van der Waals surface area contributed by atoms with Crippen LogP contribution in [-0.4, -0.2) is 21.4 Å². The quantitative estimate of drug-likeness (QED) is 0.298. The number of aromatic nitrogens is 1. The summed E-state index contributed by atoms with van der Waals surface area (Å²) in [5, 5.41) is 3.04. The van der Waals surface area contributed by atoms with E-state index in [0.717, 1.165) is 45.5 Å². The van der Waals surface area contributed by atoms with Crippen molar-refractivity contribution in [1.82, 2.24) is 9.47 Å². The van der Waals surface area contributed by atoms with Crippen molar-refractivity contribution in [2.24, 2.45) is 0 Å². The van der Waals surface area contributed by atoms with Crippen molar-refractivity contribution < 1.29 is 4.79 Å². The smallest absolute Gasteiger partial charge is 0.254 e. The molecule has 168 valence electrons. The first-order valence-electron chi connectivity index (χ1n) is 11.9. The van der Waals surface area contributed by atoms with E-state index in [9.17, 15) is 4.79 Å². The predicted molar refractivity (Wildman–Crippen MR) is 136 cm³/mol. The fourth-order valence-corrected chi connectivity index (χ4v) is 5.18. The third kappa shape index (κ3) is 4.84. The molecule has 33 heavy (non-hydrogen) atoms. The van der Waals surface area contributed by atoms with Gasteiger partial charge in [-0.1, -0.05) is 79.4 Å². The highest BCUT2D eigenvalue weighted by molar-refractivity contribution is 6.31. The molecule has 1 fully saturated rings. The maximum absolute atomic E-state index is 13.8. The Morgan fingerprint density at radius 2 is 1.64 bits per heavy atom. The third-order valence-corrected chi connectivity index (χ3v) is 7.20. The average molecular weight is 457 g/mol. The van der Waals surface area contributed by atoms with Gasteiger partial charge in [-0.2, -0.15) is 0 Å². The Kier molecular flexibility index (Phi) is 6.50. The summed E-state index contributed by atoms with van der Waals surface area (Å²) in [6.45, 7) is 1.30. The molecule has 1 aromatic heterocycles. The monoisotopic (exact) mass is 456 g/mol. The van der Waals surface area contributed by atoms with Crippen molar-refractivity contribution in [3.63, 3.8) is 0 Å². The number of halogens is 1. The molecule has 0 saturated heterocycles. The molecular formula is C29H29ClN2O. The maximum Gasteiger partial charge on any atom is 0.254 e. The first-order valence-corrected chi connectivity index (χ1v) is 12.2. The van der Waals surface area contributed by atoms with Crippen LogP contribution >= 0.6 is 11.6 Å². The van der Waals surface area contributed by atoms with Crippen LogP contribution < -0.4 is 0 Å². The summed E-state index contributed by atoms with van der Waals surface area (Å²) < 4.78 is 2.21. The summed E-state index contributed by atoms with van der Waals surface area (Å²) in [6.07, 6.45) is 7.87. The van der Waals surface area contributed by atoms with Crippen molar-refractivity contribution >= 4 is 28.3 Å². The minimum absolute atomic E-state index is 0.123. The number of hydrogen-bond donors (Lipinski definition) is 0. The van der Waals surface area contributed by atoms with E-state index in [-0.39, 0.29) is 11.9 Å². The number of nitrogens with zero attached hydrogens (tertiary/aromatic N) is 2. The van der Waals surface area contributed by atoms with E-state index in [1.807, 2.05) is 42.5 Å². The van der Waals surface area contributed by atoms with Crippen molar-refractivity contribution in [3.05, 3.63) is 107 Å². The molecule has 1 amide bonds. The van der Waals surface area contributed by atoms with Crippen LogP contribution in [0, 0.1) is 0 Å². The number of carbonyl (C=O) groups is 1. The van der Waals surface area contributed by atoms with Gasteiger partial charge in [0.1, 0.15) is 0 Å². The number of carbonyl (C=O) groups excluding carboxylic acids is 1. The lowest BCUT2D eigenvalue weighted by molar-refractivity contribution is 0.0609. The van der Waals surface area contributed by atoms with Gasteiger partial charge in [0, 0.05) is 35.1 Å². The minimum atomic E-state index is 0.123. The van der Waals surface area contributed by atoms with Gasteiger partial charge in [0.25, 0.3) is 5.91 Å². The van der Waals surface area contributed by atoms with Crippen molar-refractivity contribution in [2.45, 2.75) is 51.2 Å². The standard InChI is InChI=1S/C29H29ClN2O/c30-28-15-7-6-11-25(28)20-31-18-8-14-27(31)21-32(26-12-2-1-3-13-26)29(33)24-17-16-22-9-4-5-10-23(22)19-24/h4-11,14-19,26H,1-3,12-13,20-21H2. The lowest BCUT2D eigenvalue weighted by Gasteiger charge is -2.35. The molecule has 0 N–H and O–H groups in total. The highest BCUT2D eigenvalue weighted by atomic mass is 35.5. The zero-order chi connectivity index (χ0) is 22.6. The van der Waals surface area contributed by atoms with Gasteiger partial charge < -0.3 is 9.47 Å². The van der Waals surface area contributed by atoms with Crippen LogP contribution in [0.3, 0.4) is 0 Å². The van der Waals surface area contributed by atoms with Crippen LogP contribution in [0.2, 0.25) is 5.02 Å². The van der Waals surface area contributed by atoms with Crippen LogP contribution in [-0.2, 0) is 13.1 Å². The van der Waals surface area contributed by atoms with E-state index in [1.165, 1.54) is 19.3 Å². The molecule has 0 unspecified atom stereocenters. The fourth-order valence-electron chi connectivity index (χ4n) is 4.98. The zero-order valence-electron chi connectivity index (χ0n) is 18.8. The van der Waals surface area contributed by atoms with Gasteiger partial charge in [-0.25, -0.2) is 0 Å². The number of amides is 1. The van der Waals surface area contributed by atoms with Crippen molar-refractivity contribution in [1.29, 1.82) is 0 Å². The van der Waals surface area contributed by atoms with Gasteiger partial charge in [0.2, 0.25) is 0 Å². The number of fused-ring (bicyclic) bond motifs is 1. The van der Waals surface area contributed by atoms with Crippen LogP contribution in [0.25, 0.3) is 10.8 Å². The van der Waals surface area contributed by atoms with E-state index >= 15 is 0 Å². The van der Waals surface area contributed by atoms with E-state index in [4.69, 9.17) is 11.6 Å². The highest BCUT2D eigenvalue weighted by Crippen LogP contribution is 2.27. The summed E-state index contributed by atoms with van der Waals surface area (Å²) >= 11 is 6.42. The molecule has 0 radical (unpaired) electrons. The topological polar surface area (TPSA) is 25.2 Å². The Balaban J connectivity index is 1.44. The van der Waals surface area contributed by atoms with E-state index in [1.54, 1.807) is 0 Å². The Hall–Kier alpha value is -3.04. The molecule has 4 heteroatoms. The number of rotatable bonds is 6. The fraction of sp³-hybridized carbons (Fsp3) is 0.276. The van der Waals surface area contributed by atoms with Crippen molar-refractivity contribution in [3.8, 4) is 0 Å². The van der Waals surface area contributed by atoms with Crippen LogP contribution in [0.5, 0.6) is 0 Å². The normalized spacial score (nSPS) is 14.5. The molecule has 1 aliphatic carbocycles. The Morgan fingerprint density at radius 3 is 2.45 bits per heavy atom. The van der Waals surface area contributed by atoms with Crippen LogP contribution in [0.15, 0.2) is 85.1 Å². The van der Waals surface area contributed by atoms with Gasteiger partial charge >= 0.3 is 0 Å². The van der Waals surface area contributed by atoms with Crippen LogP contribution in [0.4, 0.5) is 0 Å². The second-order valence-corrected chi connectivity index (χ2v) is 9.41. The first kappa shape index (κ1) is 21.8. The molecule has 1 aliphatic rings. The molecule has 1 saturated carbocycles. The summed E-state index contributed by atoms with van der Waals surface area (Å²) in [5.74, 6) is 0.123. The van der Waals surface area contributed by atoms with Gasteiger partial charge in [0.05, 0.1) is 6.54 Å². The highest BCUT2D eigenvalue weighted by Gasteiger charge is 2.27. The largest absolute Gasteiger partial charge is 0.345 e. The molecule has 0 spiro atoms. The van der Waals surface area contributed by atoms with E-state index < -0.39 is 0 Å². The predicted octanol–water partition coefficient (Wildman–Crippen LogP) is 7.32. The number of benzene rings is 3. The van der Waals surface area contributed by atoms with Gasteiger partial charge in [0.15, 0.2) is 0 Å². The summed E-state index contributed by atoms with van der Waals surface area (Å²) in [5.41, 5.74) is 2.99. The molecule has 4 aromatic rings. The lowest BCUT2D eigenvalue weighted by Crippen LogP contribution is -2.41. The molecule has 5 rings (SSSR count). The molecule has 0 aliphatic heterocycles. The van der Waals surface area contributed by atoms with Crippen LogP contribution in [0.1, 0.15) is 53.7 Å². The summed E-state index contributed by atoms with van der Waals surface area (Å²) in [7, 11) is 0. The lowest BCUT2D eigenvalue weighted by atomic mass is 9.93. The maximum atomic E-state index is 13.8. The summed E-state index contributed by atoms with van der Waals surface area (Å²) in [6, 6.07) is 26.7. The molecule has 3 aromatic carbocycles. The second kappa shape index (κ2) is 9.84. The molecule has 3 nitrogen and oxygen atoms in total. The molecule has 1 heterocycles. The molecule has 0 bridgehead atoms. The first-order chi connectivity index (χ1) is 16.2. The SMILES string of the molecule is O=C(c1ccc2ccccc2c1)N(Cc1cccn1Cc1ccccc1Cl)C1CCCCC1. The molecular weight excluding hydrogens is 428 g/mol.